The average Bonchev–Trinajstić information content (AvgIpc) is 2.63. The molecule has 0 saturated heterocycles. The van der Waals surface area contributed by atoms with E-state index in [1.165, 1.54) is 12.1 Å². The molecule has 2 rings (SSSR count). The molecule has 0 saturated carbocycles. The van der Waals surface area contributed by atoms with Gasteiger partial charge in [0.25, 0.3) is 0 Å². The van der Waals surface area contributed by atoms with Crippen LogP contribution in [-0.2, 0) is 17.8 Å². The summed E-state index contributed by atoms with van der Waals surface area (Å²) in [6.07, 6.45) is 0.692. The summed E-state index contributed by atoms with van der Waals surface area (Å²) in [5, 5.41) is 8.79. The van der Waals surface area contributed by atoms with Crippen LogP contribution in [0.4, 0.5) is 4.39 Å². The standard InChI is InChI=1S/C14H17FN2O2/c1-3-17-12-5-4-10(15)8-11(12)16-13(17)6-9(2)7-14(18)19/h4-5,8-9H,3,6-7H2,1-2H3,(H,18,19). The molecule has 1 N–H and O–H groups in total. The smallest absolute Gasteiger partial charge is 0.303 e. The minimum atomic E-state index is -0.808. The predicted octanol–water partition coefficient (Wildman–Crippen LogP) is 2.85. The molecule has 1 aromatic heterocycles. The maximum Gasteiger partial charge on any atom is 0.303 e. The predicted molar refractivity (Wildman–Crippen MR) is 70.5 cm³/mol. The maximum atomic E-state index is 13.2. The molecule has 0 radical (unpaired) electrons. The first-order valence-electron chi connectivity index (χ1n) is 6.37. The van der Waals surface area contributed by atoms with Gasteiger partial charge in [0.15, 0.2) is 0 Å². The number of carboxylic acids is 1. The Labute approximate surface area is 110 Å². The van der Waals surface area contributed by atoms with Crippen LogP contribution in [0.25, 0.3) is 11.0 Å². The average molecular weight is 264 g/mol. The van der Waals surface area contributed by atoms with Crippen molar-refractivity contribution in [2.24, 2.45) is 5.92 Å². The highest BCUT2D eigenvalue weighted by Crippen LogP contribution is 2.20. The second kappa shape index (κ2) is 5.38. The number of fused-ring (bicyclic) bond motifs is 1. The molecular weight excluding hydrogens is 247 g/mol. The lowest BCUT2D eigenvalue weighted by Crippen LogP contribution is -2.11. The number of aliphatic carboxylic acids is 1. The zero-order valence-electron chi connectivity index (χ0n) is 11.1. The van der Waals surface area contributed by atoms with E-state index >= 15 is 0 Å². The lowest BCUT2D eigenvalue weighted by atomic mass is 10.0. The van der Waals surface area contributed by atoms with Crippen LogP contribution >= 0.6 is 0 Å². The summed E-state index contributed by atoms with van der Waals surface area (Å²) in [4.78, 5) is 15.1. The Morgan fingerprint density at radius 3 is 2.89 bits per heavy atom. The lowest BCUT2D eigenvalue weighted by molar-refractivity contribution is -0.137. The summed E-state index contributed by atoms with van der Waals surface area (Å²) in [5.41, 5.74) is 1.51. The van der Waals surface area contributed by atoms with Crippen LogP contribution in [0.2, 0.25) is 0 Å². The van der Waals surface area contributed by atoms with Crippen molar-refractivity contribution in [3.8, 4) is 0 Å². The Bertz CT molecular complexity index is 607. The van der Waals surface area contributed by atoms with Gasteiger partial charge in [0, 0.05) is 25.5 Å². The third-order valence-electron chi connectivity index (χ3n) is 3.16. The zero-order chi connectivity index (χ0) is 14.0. The Kier molecular flexibility index (Phi) is 3.83. The van der Waals surface area contributed by atoms with Crippen molar-refractivity contribution in [2.75, 3.05) is 0 Å². The number of hydrogen-bond acceptors (Lipinski definition) is 2. The number of hydrogen-bond donors (Lipinski definition) is 1. The largest absolute Gasteiger partial charge is 0.481 e. The molecule has 0 fully saturated rings. The second-order valence-electron chi connectivity index (χ2n) is 4.81. The van der Waals surface area contributed by atoms with E-state index in [0.717, 1.165) is 17.9 Å². The Hall–Kier alpha value is -1.91. The Balaban J connectivity index is 2.34. The summed E-state index contributed by atoms with van der Waals surface area (Å²) in [7, 11) is 0. The molecule has 5 heteroatoms. The molecule has 102 valence electrons. The van der Waals surface area contributed by atoms with Gasteiger partial charge in [-0.1, -0.05) is 6.92 Å². The van der Waals surface area contributed by atoms with Gasteiger partial charge in [0.1, 0.15) is 11.6 Å². The van der Waals surface area contributed by atoms with E-state index in [4.69, 9.17) is 5.11 Å². The zero-order valence-corrected chi connectivity index (χ0v) is 11.1. The van der Waals surface area contributed by atoms with Gasteiger partial charge in [-0.2, -0.15) is 0 Å². The summed E-state index contributed by atoms with van der Waals surface area (Å²) >= 11 is 0. The number of aromatic nitrogens is 2. The van der Waals surface area contributed by atoms with Gasteiger partial charge >= 0.3 is 5.97 Å². The molecule has 1 atom stereocenters. The van der Waals surface area contributed by atoms with E-state index in [0.29, 0.717) is 11.9 Å². The first-order valence-corrected chi connectivity index (χ1v) is 6.37. The molecule has 0 spiro atoms. The molecule has 4 nitrogen and oxygen atoms in total. The third-order valence-corrected chi connectivity index (χ3v) is 3.16. The molecule has 0 aliphatic carbocycles. The van der Waals surface area contributed by atoms with Crippen molar-refractivity contribution in [3.63, 3.8) is 0 Å². The molecule has 19 heavy (non-hydrogen) atoms. The van der Waals surface area contributed by atoms with E-state index in [1.54, 1.807) is 6.07 Å². The fourth-order valence-corrected chi connectivity index (χ4v) is 2.34. The van der Waals surface area contributed by atoms with E-state index in [9.17, 15) is 9.18 Å². The molecule has 0 bridgehead atoms. The Morgan fingerprint density at radius 2 is 2.26 bits per heavy atom. The van der Waals surface area contributed by atoms with Gasteiger partial charge in [-0.05, 0) is 25.0 Å². The van der Waals surface area contributed by atoms with Crippen LogP contribution in [0, 0.1) is 11.7 Å². The molecule has 2 aromatic rings. The van der Waals surface area contributed by atoms with Gasteiger partial charge in [0.05, 0.1) is 11.0 Å². The first kappa shape index (κ1) is 13.5. The molecule has 1 unspecified atom stereocenters. The van der Waals surface area contributed by atoms with Gasteiger partial charge in [-0.3, -0.25) is 4.79 Å². The second-order valence-corrected chi connectivity index (χ2v) is 4.81. The van der Waals surface area contributed by atoms with E-state index in [1.807, 2.05) is 18.4 Å². The van der Waals surface area contributed by atoms with Crippen LogP contribution in [-0.4, -0.2) is 20.6 Å². The minimum Gasteiger partial charge on any atom is -0.481 e. The molecule has 1 heterocycles. The number of imidazole rings is 1. The van der Waals surface area contributed by atoms with Crippen molar-refractivity contribution in [2.45, 2.75) is 33.2 Å². The number of nitrogens with zero attached hydrogens (tertiary/aromatic N) is 2. The number of carbonyl (C=O) groups is 1. The van der Waals surface area contributed by atoms with Crippen LogP contribution in [0.3, 0.4) is 0 Å². The summed E-state index contributed by atoms with van der Waals surface area (Å²) in [5.74, 6) is -0.294. The molecule has 0 aliphatic rings. The number of carboxylic acid groups (broad SMARTS) is 1. The summed E-state index contributed by atoms with van der Waals surface area (Å²) in [6, 6.07) is 4.54. The minimum absolute atomic E-state index is 0.00413. The maximum absolute atomic E-state index is 13.2. The fourth-order valence-electron chi connectivity index (χ4n) is 2.34. The number of benzene rings is 1. The van der Waals surface area contributed by atoms with Crippen LogP contribution in [0.15, 0.2) is 18.2 Å². The van der Waals surface area contributed by atoms with Gasteiger partial charge in [-0.15, -0.1) is 0 Å². The van der Waals surface area contributed by atoms with Gasteiger partial charge in [-0.25, -0.2) is 9.37 Å². The van der Waals surface area contributed by atoms with E-state index in [-0.39, 0.29) is 18.2 Å². The Morgan fingerprint density at radius 1 is 1.53 bits per heavy atom. The van der Waals surface area contributed by atoms with Crippen molar-refractivity contribution < 1.29 is 14.3 Å². The number of halogens is 1. The summed E-state index contributed by atoms with van der Waals surface area (Å²) < 4.78 is 15.2. The van der Waals surface area contributed by atoms with E-state index < -0.39 is 5.97 Å². The lowest BCUT2D eigenvalue weighted by Gasteiger charge is -2.10. The highest BCUT2D eigenvalue weighted by Gasteiger charge is 2.15. The van der Waals surface area contributed by atoms with Crippen molar-refractivity contribution in [1.29, 1.82) is 0 Å². The fraction of sp³-hybridized carbons (Fsp3) is 0.429. The van der Waals surface area contributed by atoms with E-state index in [2.05, 4.69) is 4.98 Å². The van der Waals surface area contributed by atoms with Crippen molar-refractivity contribution in [3.05, 3.63) is 29.8 Å². The third kappa shape index (κ3) is 2.92. The molecular formula is C14H17FN2O2. The van der Waals surface area contributed by atoms with Crippen LogP contribution in [0.1, 0.15) is 26.1 Å². The number of aryl methyl sites for hydroxylation is 1. The number of rotatable bonds is 5. The topological polar surface area (TPSA) is 55.1 Å². The van der Waals surface area contributed by atoms with Crippen molar-refractivity contribution in [1.82, 2.24) is 9.55 Å². The highest BCUT2D eigenvalue weighted by atomic mass is 19.1. The molecule has 1 aromatic carbocycles. The summed E-state index contributed by atoms with van der Waals surface area (Å²) in [6.45, 7) is 4.61. The molecule has 0 amide bonds. The normalized spacial score (nSPS) is 12.8. The quantitative estimate of drug-likeness (QED) is 0.903. The van der Waals surface area contributed by atoms with Gasteiger partial charge < -0.3 is 9.67 Å². The van der Waals surface area contributed by atoms with Crippen LogP contribution in [0.5, 0.6) is 0 Å². The SMILES string of the molecule is CCn1c(CC(C)CC(=O)O)nc2cc(F)ccc21. The van der Waals surface area contributed by atoms with Gasteiger partial charge in [0.2, 0.25) is 0 Å². The van der Waals surface area contributed by atoms with Crippen molar-refractivity contribution >= 4 is 17.0 Å². The molecule has 0 aliphatic heterocycles. The highest BCUT2D eigenvalue weighted by molar-refractivity contribution is 5.76. The monoisotopic (exact) mass is 264 g/mol. The first-order chi connectivity index (χ1) is 9.01. The van der Waals surface area contributed by atoms with Crippen LogP contribution < -0.4 is 0 Å².